The smallest absolute Gasteiger partial charge is 0.362 e. The molecule has 8 heteroatoms. The van der Waals surface area contributed by atoms with Crippen LogP contribution in [-0.4, -0.2) is 80.6 Å². The van der Waals surface area contributed by atoms with E-state index in [9.17, 15) is 19.5 Å². The summed E-state index contributed by atoms with van der Waals surface area (Å²) in [4.78, 5) is 36.6. The van der Waals surface area contributed by atoms with Crippen molar-refractivity contribution in [3.63, 3.8) is 0 Å². The van der Waals surface area contributed by atoms with E-state index in [0.717, 1.165) is 51.4 Å². The van der Waals surface area contributed by atoms with E-state index in [1.54, 1.807) is 0 Å². The second-order valence-corrected chi connectivity index (χ2v) is 13.8. The Kier molecular flexibility index (Phi) is 30.7. The van der Waals surface area contributed by atoms with Crippen LogP contribution in [0.25, 0.3) is 0 Å². The number of esters is 2. The van der Waals surface area contributed by atoms with Crippen molar-refractivity contribution in [2.24, 2.45) is 0 Å². The number of hydrogen-bond donors (Lipinski definition) is 1. The van der Waals surface area contributed by atoms with Crippen LogP contribution in [-0.2, 0) is 28.6 Å². The fourth-order valence-electron chi connectivity index (χ4n) is 5.26. The van der Waals surface area contributed by atoms with Crippen LogP contribution in [0, 0.1) is 0 Å². The highest BCUT2D eigenvalue weighted by molar-refractivity contribution is 5.72. The van der Waals surface area contributed by atoms with Gasteiger partial charge in [0.2, 0.25) is 0 Å². The average Bonchev–Trinajstić information content (AvgIpc) is 3.05. The number of unbranched alkanes of at least 4 members (excludes halogenated alkanes) is 12. The third-order valence-electron chi connectivity index (χ3n) is 8.25. The molecule has 0 amide bonds. The lowest BCUT2D eigenvalue weighted by Crippen LogP contribution is -2.50. The zero-order chi connectivity index (χ0) is 36.4. The van der Waals surface area contributed by atoms with Crippen molar-refractivity contribution in [3.05, 3.63) is 48.6 Å². The van der Waals surface area contributed by atoms with Crippen molar-refractivity contribution in [2.45, 2.75) is 154 Å². The van der Waals surface area contributed by atoms with E-state index in [-0.39, 0.29) is 42.7 Å². The Hall–Kier alpha value is -2.71. The lowest BCUT2D eigenvalue weighted by molar-refractivity contribution is -0.887. The number of carboxylic acids is 1. The van der Waals surface area contributed by atoms with Crippen LogP contribution in [0.2, 0.25) is 0 Å². The Morgan fingerprint density at radius 1 is 0.653 bits per heavy atom. The van der Waals surface area contributed by atoms with E-state index < -0.39 is 18.1 Å². The van der Waals surface area contributed by atoms with E-state index in [1.807, 2.05) is 33.3 Å². The second kappa shape index (κ2) is 32.5. The number of carbonyl (C=O) groups is 3. The van der Waals surface area contributed by atoms with Crippen molar-refractivity contribution < 1.29 is 38.2 Å². The molecule has 0 bridgehead atoms. The number of aliphatic carboxylic acids is 1. The van der Waals surface area contributed by atoms with Crippen LogP contribution in [0.15, 0.2) is 48.6 Å². The van der Waals surface area contributed by atoms with Crippen molar-refractivity contribution >= 4 is 17.9 Å². The number of nitrogens with zero attached hydrogens (tertiary/aromatic N) is 1. The van der Waals surface area contributed by atoms with Gasteiger partial charge in [0.05, 0.1) is 34.4 Å². The molecule has 0 aromatic heterocycles. The summed E-state index contributed by atoms with van der Waals surface area (Å²) in [6, 6.07) is -0.623. The summed E-state index contributed by atoms with van der Waals surface area (Å²) < 4.78 is 17.0. The summed E-state index contributed by atoms with van der Waals surface area (Å²) in [5, 5.41) is 9.56. The maximum Gasteiger partial charge on any atom is 0.362 e. The molecule has 0 rings (SSSR count). The number of carbonyl (C=O) groups excluding carboxylic acids is 2. The highest BCUT2D eigenvalue weighted by Gasteiger charge is 2.31. The van der Waals surface area contributed by atoms with Crippen molar-refractivity contribution in [1.29, 1.82) is 0 Å². The minimum atomic E-state index is -0.888. The van der Waals surface area contributed by atoms with Crippen LogP contribution < -0.4 is 0 Å². The first-order chi connectivity index (χ1) is 23.6. The van der Waals surface area contributed by atoms with Crippen molar-refractivity contribution in [3.8, 4) is 0 Å². The summed E-state index contributed by atoms with van der Waals surface area (Å²) in [7, 11) is 5.48. The predicted octanol–water partition coefficient (Wildman–Crippen LogP) is 9.68. The first-order valence-corrected chi connectivity index (χ1v) is 19.2. The second-order valence-electron chi connectivity index (χ2n) is 13.8. The van der Waals surface area contributed by atoms with Gasteiger partial charge in [-0.25, -0.2) is 4.79 Å². The quantitative estimate of drug-likeness (QED) is 0.0241. The molecular weight excluding hydrogens is 618 g/mol. The Bertz CT molecular complexity index is 948. The first kappa shape index (κ1) is 46.3. The van der Waals surface area contributed by atoms with E-state index in [4.69, 9.17) is 14.2 Å². The molecule has 1 N–H and O–H groups in total. The van der Waals surface area contributed by atoms with Gasteiger partial charge in [0.25, 0.3) is 0 Å². The third-order valence-corrected chi connectivity index (χ3v) is 8.25. The zero-order valence-electron chi connectivity index (χ0n) is 31.9. The SMILES string of the molecule is CC/C=C/C/C=C/CCC(=O)OCC(COCCC(C(=O)O)[N+](C)(C)C)OC(=O)CCCCCCC/C=C/C=C/CCCCCCCCC. The first-order valence-electron chi connectivity index (χ1n) is 19.2. The van der Waals surface area contributed by atoms with Gasteiger partial charge in [-0.1, -0.05) is 120 Å². The molecule has 0 fully saturated rings. The van der Waals surface area contributed by atoms with E-state index in [2.05, 4.69) is 50.3 Å². The van der Waals surface area contributed by atoms with Crippen LogP contribution >= 0.6 is 0 Å². The van der Waals surface area contributed by atoms with Gasteiger partial charge in [-0.05, 0) is 51.4 Å². The number of likely N-dealkylation sites (N-methyl/N-ethyl adjacent to an activating group) is 1. The number of allylic oxidation sites excluding steroid dienone is 8. The topological polar surface area (TPSA) is 99.1 Å². The molecule has 0 heterocycles. The van der Waals surface area contributed by atoms with Gasteiger partial charge in [0.15, 0.2) is 12.1 Å². The molecule has 0 aliphatic heterocycles. The molecule has 282 valence electrons. The van der Waals surface area contributed by atoms with E-state index >= 15 is 0 Å². The normalized spacial score (nSPS) is 13.6. The number of ether oxygens (including phenoxy) is 3. The van der Waals surface area contributed by atoms with Gasteiger partial charge >= 0.3 is 17.9 Å². The average molecular weight is 691 g/mol. The Morgan fingerprint density at radius 2 is 1.24 bits per heavy atom. The van der Waals surface area contributed by atoms with Gasteiger partial charge in [-0.15, -0.1) is 0 Å². The lowest BCUT2D eigenvalue weighted by atomic mass is 10.1. The molecule has 0 aliphatic rings. The number of hydrogen-bond acceptors (Lipinski definition) is 6. The standard InChI is InChI=1S/C41H71NO7/c1-6-8-10-12-14-15-16-17-18-19-20-21-22-23-24-26-28-30-32-40(44)49-37(35-47-34-33-38(41(45)46)42(3,4)5)36-48-39(43)31-29-27-25-13-11-9-7-2/h9,11,18-21,25,27,37-38H,6-8,10,12-17,22-24,26,28-36H2,1-5H3/p+1/b11-9+,19-18+,21-20+,27-25+. The van der Waals surface area contributed by atoms with Gasteiger partial charge in [-0.2, -0.15) is 0 Å². The monoisotopic (exact) mass is 691 g/mol. The Balaban J connectivity index is 4.40. The molecule has 0 saturated carbocycles. The van der Waals surface area contributed by atoms with Gasteiger partial charge in [-0.3, -0.25) is 9.59 Å². The zero-order valence-corrected chi connectivity index (χ0v) is 31.9. The molecule has 0 aromatic carbocycles. The fourth-order valence-corrected chi connectivity index (χ4v) is 5.26. The molecule has 49 heavy (non-hydrogen) atoms. The molecule has 2 unspecified atom stereocenters. The molecular formula is C41H72NO7+. The van der Waals surface area contributed by atoms with E-state index in [0.29, 0.717) is 19.3 Å². The van der Waals surface area contributed by atoms with Crippen LogP contribution in [0.5, 0.6) is 0 Å². The maximum absolute atomic E-state index is 12.6. The van der Waals surface area contributed by atoms with Crippen LogP contribution in [0.3, 0.4) is 0 Å². The fraction of sp³-hybridized carbons (Fsp3) is 0.732. The van der Waals surface area contributed by atoms with Gasteiger partial charge < -0.3 is 23.8 Å². The molecule has 0 saturated heterocycles. The predicted molar refractivity (Wildman–Crippen MR) is 201 cm³/mol. The third kappa shape index (κ3) is 31.0. The summed E-state index contributed by atoms with van der Waals surface area (Å²) in [6.45, 7) is 4.48. The highest BCUT2D eigenvalue weighted by atomic mass is 16.6. The van der Waals surface area contributed by atoms with Crippen molar-refractivity contribution in [2.75, 3.05) is 41.0 Å². The Labute approximate surface area is 299 Å². The van der Waals surface area contributed by atoms with E-state index in [1.165, 1.54) is 51.4 Å². The number of rotatable bonds is 33. The number of quaternary nitrogens is 1. The summed E-state index contributed by atoms with van der Waals surface area (Å²) in [5.41, 5.74) is 0. The van der Waals surface area contributed by atoms with Crippen LogP contribution in [0.1, 0.15) is 142 Å². The lowest BCUT2D eigenvalue weighted by Gasteiger charge is -2.31. The molecule has 2 atom stereocenters. The largest absolute Gasteiger partial charge is 0.477 e. The van der Waals surface area contributed by atoms with Gasteiger partial charge in [0.1, 0.15) is 6.61 Å². The summed E-state index contributed by atoms with van der Waals surface area (Å²) >= 11 is 0. The Morgan fingerprint density at radius 3 is 1.84 bits per heavy atom. The minimum absolute atomic E-state index is 0.0357. The molecule has 0 aromatic rings. The highest BCUT2D eigenvalue weighted by Crippen LogP contribution is 2.12. The molecule has 0 spiro atoms. The minimum Gasteiger partial charge on any atom is -0.477 e. The van der Waals surface area contributed by atoms with Gasteiger partial charge in [0, 0.05) is 19.3 Å². The summed E-state index contributed by atoms with van der Waals surface area (Å²) in [5.74, 6) is -1.59. The molecule has 0 radical (unpaired) electrons. The molecule has 0 aliphatic carbocycles. The molecule has 8 nitrogen and oxygen atoms in total. The number of carboxylic acid groups (broad SMARTS) is 1. The maximum atomic E-state index is 12.6. The summed E-state index contributed by atoms with van der Waals surface area (Å²) in [6.07, 6.45) is 36.2. The van der Waals surface area contributed by atoms with Crippen molar-refractivity contribution in [1.82, 2.24) is 0 Å². The van der Waals surface area contributed by atoms with Crippen LogP contribution in [0.4, 0.5) is 0 Å².